The maximum absolute atomic E-state index is 11.0. The van der Waals surface area contributed by atoms with Crippen LogP contribution in [-0.4, -0.2) is 28.2 Å². The van der Waals surface area contributed by atoms with Crippen molar-refractivity contribution in [2.75, 3.05) is 7.11 Å². The Kier molecular flexibility index (Phi) is 1.96. The highest BCUT2D eigenvalue weighted by molar-refractivity contribution is 5.94. The Balaban J connectivity index is 2.81. The van der Waals surface area contributed by atoms with Gasteiger partial charge in [-0.3, -0.25) is 0 Å². The lowest BCUT2D eigenvalue weighted by molar-refractivity contribution is 0.0696. The average molecular weight is 208 g/mol. The van der Waals surface area contributed by atoms with Crippen LogP contribution in [0.5, 0.6) is 5.75 Å². The number of aromatic amines is 2. The van der Waals surface area contributed by atoms with E-state index in [0.717, 1.165) is 0 Å². The van der Waals surface area contributed by atoms with Crippen molar-refractivity contribution in [2.45, 2.75) is 0 Å². The molecule has 3 N–H and O–H groups in total. The van der Waals surface area contributed by atoms with Gasteiger partial charge in [0, 0.05) is 0 Å². The summed E-state index contributed by atoms with van der Waals surface area (Å²) in [6.45, 7) is 0. The number of ether oxygens (including phenoxy) is 1. The third kappa shape index (κ3) is 1.45. The van der Waals surface area contributed by atoms with Crippen LogP contribution in [0.2, 0.25) is 0 Å². The molecule has 0 atom stereocenters. The highest BCUT2D eigenvalue weighted by atomic mass is 16.5. The first kappa shape index (κ1) is 9.32. The Morgan fingerprint density at radius 3 is 2.73 bits per heavy atom. The van der Waals surface area contributed by atoms with Crippen LogP contribution < -0.4 is 10.4 Å². The second-order valence-electron chi connectivity index (χ2n) is 2.99. The minimum Gasteiger partial charge on any atom is -0.494 e. The highest BCUT2D eigenvalue weighted by Gasteiger charge is 2.11. The Morgan fingerprint density at radius 2 is 2.13 bits per heavy atom. The van der Waals surface area contributed by atoms with E-state index in [4.69, 9.17) is 9.84 Å². The largest absolute Gasteiger partial charge is 0.494 e. The van der Waals surface area contributed by atoms with Crippen LogP contribution in [0.4, 0.5) is 0 Å². The van der Waals surface area contributed by atoms with E-state index in [0.29, 0.717) is 16.8 Å². The maximum atomic E-state index is 11.0. The van der Waals surface area contributed by atoms with Gasteiger partial charge in [-0.15, -0.1) is 0 Å². The summed E-state index contributed by atoms with van der Waals surface area (Å²) >= 11 is 0. The van der Waals surface area contributed by atoms with Gasteiger partial charge in [0.1, 0.15) is 11.3 Å². The van der Waals surface area contributed by atoms with Crippen LogP contribution in [0.1, 0.15) is 10.4 Å². The highest BCUT2D eigenvalue weighted by Crippen LogP contribution is 2.23. The summed E-state index contributed by atoms with van der Waals surface area (Å²) in [6.07, 6.45) is 0. The summed E-state index contributed by atoms with van der Waals surface area (Å²) in [5, 5.41) is 8.81. The van der Waals surface area contributed by atoms with E-state index in [1.165, 1.54) is 19.2 Å². The number of nitrogens with one attached hydrogen (secondary N) is 2. The summed E-state index contributed by atoms with van der Waals surface area (Å²) in [6, 6.07) is 2.73. The molecule has 0 spiro atoms. The number of fused-ring (bicyclic) bond motifs is 1. The van der Waals surface area contributed by atoms with E-state index < -0.39 is 11.7 Å². The second kappa shape index (κ2) is 3.16. The normalized spacial score (nSPS) is 10.5. The van der Waals surface area contributed by atoms with Gasteiger partial charge in [-0.05, 0) is 12.1 Å². The zero-order valence-corrected chi connectivity index (χ0v) is 7.83. The first-order chi connectivity index (χ1) is 7.11. The fraction of sp³-hybridized carbons (Fsp3) is 0.111. The number of rotatable bonds is 2. The molecule has 15 heavy (non-hydrogen) atoms. The van der Waals surface area contributed by atoms with E-state index in [2.05, 4.69) is 9.97 Å². The standard InChI is InChI=1S/C9H8N2O4/c1-15-6-3-4(8(12)13)2-5-7(6)11-9(14)10-5/h2-3H,1H3,(H,12,13)(H2,10,11,14). The maximum Gasteiger partial charge on any atom is 0.335 e. The topological polar surface area (TPSA) is 95.2 Å². The van der Waals surface area contributed by atoms with Crippen molar-refractivity contribution in [1.29, 1.82) is 0 Å². The van der Waals surface area contributed by atoms with E-state index in [9.17, 15) is 9.59 Å². The zero-order valence-electron chi connectivity index (χ0n) is 7.83. The number of aromatic carboxylic acids is 1. The molecule has 2 aromatic rings. The number of benzene rings is 1. The van der Waals surface area contributed by atoms with E-state index in [-0.39, 0.29) is 5.56 Å². The van der Waals surface area contributed by atoms with Gasteiger partial charge in [-0.2, -0.15) is 0 Å². The smallest absolute Gasteiger partial charge is 0.335 e. The number of methoxy groups -OCH3 is 1. The Morgan fingerprint density at radius 1 is 1.40 bits per heavy atom. The SMILES string of the molecule is COc1cc(C(=O)O)cc2[nH]c(=O)[nH]c12. The van der Waals surface area contributed by atoms with Crippen molar-refractivity contribution in [1.82, 2.24) is 9.97 Å². The van der Waals surface area contributed by atoms with Crippen molar-refractivity contribution in [2.24, 2.45) is 0 Å². The lowest BCUT2D eigenvalue weighted by Crippen LogP contribution is -1.99. The third-order valence-corrected chi connectivity index (χ3v) is 2.06. The number of hydrogen-bond acceptors (Lipinski definition) is 3. The van der Waals surface area contributed by atoms with Crippen molar-refractivity contribution < 1.29 is 14.6 Å². The molecule has 6 heteroatoms. The number of carboxylic acid groups (broad SMARTS) is 1. The molecule has 0 saturated heterocycles. The molecule has 6 nitrogen and oxygen atoms in total. The Labute approximate surface area is 83.5 Å². The molecule has 1 aromatic heterocycles. The van der Waals surface area contributed by atoms with E-state index in [1.807, 2.05) is 0 Å². The summed E-state index contributed by atoms with van der Waals surface area (Å²) in [5.41, 5.74) is 0.546. The Bertz CT molecular complexity index is 581. The van der Waals surface area contributed by atoms with Crippen LogP contribution >= 0.6 is 0 Å². The minimum atomic E-state index is -1.07. The van der Waals surface area contributed by atoms with Gasteiger partial charge >= 0.3 is 11.7 Å². The lowest BCUT2D eigenvalue weighted by atomic mass is 10.2. The van der Waals surface area contributed by atoms with Crippen LogP contribution in [0.15, 0.2) is 16.9 Å². The van der Waals surface area contributed by atoms with Crippen molar-refractivity contribution >= 4 is 17.0 Å². The number of carbonyl (C=O) groups is 1. The number of aromatic nitrogens is 2. The number of carboxylic acids is 1. The molecular weight excluding hydrogens is 200 g/mol. The van der Waals surface area contributed by atoms with Crippen LogP contribution in [-0.2, 0) is 0 Å². The van der Waals surface area contributed by atoms with E-state index in [1.54, 1.807) is 0 Å². The van der Waals surface area contributed by atoms with Gasteiger partial charge in [0.25, 0.3) is 0 Å². The van der Waals surface area contributed by atoms with Gasteiger partial charge in [-0.25, -0.2) is 9.59 Å². The molecule has 0 aliphatic heterocycles. The summed E-state index contributed by atoms with van der Waals surface area (Å²) < 4.78 is 4.98. The molecular formula is C9H8N2O4. The van der Waals surface area contributed by atoms with Gasteiger partial charge < -0.3 is 19.8 Å². The summed E-state index contributed by atoms with van der Waals surface area (Å²) in [4.78, 5) is 26.8. The first-order valence-corrected chi connectivity index (χ1v) is 4.15. The van der Waals surface area contributed by atoms with Crippen LogP contribution in [0, 0.1) is 0 Å². The predicted octanol–water partition coefficient (Wildman–Crippen LogP) is 0.563. The van der Waals surface area contributed by atoms with Crippen molar-refractivity contribution in [3.8, 4) is 5.75 Å². The van der Waals surface area contributed by atoms with Gasteiger partial charge in [0.2, 0.25) is 0 Å². The molecule has 0 bridgehead atoms. The molecule has 0 radical (unpaired) electrons. The molecule has 0 fully saturated rings. The molecule has 0 unspecified atom stereocenters. The quantitative estimate of drug-likeness (QED) is 0.672. The molecule has 2 rings (SSSR count). The predicted molar refractivity (Wildman–Crippen MR) is 52.4 cm³/mol. The van der Waals surface area contributed by atoms with Gasteiger partial charge in [-0.1, -0.05) is 0 Å². The zero-order chi connectivity index (χ0) is 11.0. The number of H-pyrrole nitrogens is 2. The third-order valence-electron chi connectivity index (χ3n) is 2.06. The molecule has 0 aliphatic rings. The Hall–Kier alpha value is -2.24. The minimum absolute atomic E-state index is 0.0644. The lowest BCUT2D eigenvalue weighted by Gasteiger charge is -2.02. The van der Waals surface area contributed by atoms with E-state index >= 15 is 0 Å². The fourth-order valence-corrected chi connectivity index (χ4v) is 1.39. The molecule has 0 saturated carbocycles. The number of imidazole rings is 1. The van der Waals surface area contributed by atoms with Crippen LogP contribution in [0.25, 0.3) is 11.0 Å². The summed E-state index contributed by atoms with van der Waals surface area (Å²) in [7, 11) is 1.41. The molecule has 1 aromatic carbocycles. The van der Waals surface area contributed by atoms with Gasteiger partial charge in [0.15, 0.2) is 0 Å². The van der Waals surface area contributed by atoms with Crippen LogP contribution in [0.3, 0.4) is 0 Å². The molecule has 1 heterocycles. The average Bonchev–Trinajstić information content (AvgIpc) is 2.56. The molecule has 0 aliphatic carbocycles. The van der Waals surface area contributed by atoms with Crippen molar-refractivity contribution in [3.63, 3.8) is 0 Å². The van der Waals surface area contributed by atoms with Gasteiger partial charge in [0.05, 0.1) is 18.2 Å². The van der Waals surface area contributed by atoms with Crippen molar-refractivity contribution in [3.05, 3.63) is 28.2 Å². The summed E-state index contributed by atoms with van der Waals surface area (Å²) in [5.74, 6) is -0.750. The first-order valence-electron chi connectivity index (χ1n) is 4.15. The second-order valence-corrected chi connectivity index (χ2v) is 2.99. The molecule has 0 amide bonds. The number of hydrogen-bond donors (Lipinski definition) is 3. The fourth-order valence-electron chi connectivity index (χ4n) is 1.39. The monoisotopic (exact) mass is 208 g/mol. The molecule has 78 valence electrons.